The van der Waals surface area contributed by atoms with Crippen molar-refractivity contribution in [2.45, 2.75) is 16.7 Å². The van der Waals surface area contributed by atoms with E-state index >= 15 is 0 Å². The van der Waals surface area contributed by atoms with Crippen LogP contribution in [0.4, 0.5) is 0 Å². The lowest BCUT2D eigenvalue weighted by atomic mass is 10.1. The molecule has 0 aliphatic carbocycles. The van der Waals surface area contributed by atoms with Crippen molar-refractivity contribution in [1.82, 2.24) is 9.21 Å². The lowest BCUT2D eigenvalue weighted by molar-refractivity contribution is 0.0698. The van der Waals surface area contributed by atoms with Crippen molar-refractivity contribution < 1.29 is 21.6 Å². The van der Waals surface area contributed by atoms with Gasteiger partial charge in [0, 0.05) is 31.7 Å². The van der Waals surface area contributed by atoms with E-state index in [1.165, 1.54) is 28.6 Å². The summed E-state index contributed by atoms with van der Waals surface area (Å²) in [5.74, 6) is -0.248. The Morgan fingerprint density at radius 1 is 0.781 bits per heavy atom. The second-order valence-electron chi connectivity index (χ2n) is 7.63. The average molecular weight is 473 g/mol. The van der Waals surface area contributed by atoms with E-state index in [0.29, 0.717) is 5.56 Å². The molecule has 3 aromatic rings. The minimum atomic E-state index is -3.66. The number of carbonyl (C=O) groups excluding carboxylic acids is 1. The molecule has 0 N–H and O–H groups in total. The largest absolute Gasteiger partial charge is 0.336 e. The normalized spacial score (nSPS) is 15.7. The van der Waals surface area contributed by atoms with Crippen molar-refractivity contribution in [3.8, 4) is 0 Å². The number of sulfonamides is 1. The van der Waals surface area contributed by atoms with Gasteiger partial charge in [-0.1, -0.05) is 37.3 Å². The van der Waals surface area contributed by atoms with Gasteiger partial charge in [0.15, 0.2) is 9.84 Å². The highest BCUT2D eigenvalue weighted by Crippen LogP contribution is 2.23. The molecule has 0 spiro atoms. The molecule has 1 saturated heterocycles. The predicted octanol–water partition coefficient (Wildman–Crippen LogP) is 2.78. The van der Waals surface area contributed by atoms with Crippen LogP contribution in [0.2, 0.25) is 0 Å². The maximum atomic E-state index is 13.1. The average Bonchev–Trinajstić information content (AvgIpc) is 2.83. The zero-order valence-electron chi connectivity index (χ0n) is 17.6. The van der Waals surface area contributed by atoms with E-state index in [1.807, 2.05) is 24.3 Å². The van der Waals surface area contributed by atoms with E-state index in [-0.39, 0.29) is 47.6 Å². The van der Waals surface area contributed by atoms with Crippen molar-refractivity contribution in [3.05, 3.63) is 72.3 Å². The van der Waals surface area contributed by atoms with Gasteiger partial charge in [-0.05, 0) is 47.2 Å². The molecule has 9 heteroatoms. The fourth-order valence-electron chi connectivity index (χ4n) is 3.76. The number of piperazine rings is 1. The van der Waals surface area contributed by atoms with Crippen molar-refractivity contribution in [3.63, 3.8) is 0 Å². The molecule has 1 amide bonds. The summed E-state index contributed by atoms with van der Waals surface area (Å²) in [6.45, 7) is 2.49. The van der Waals surface area contributed by atoms with Gasteiger partial charge in [-0.3, -0.25) is 4.79 Å². The summed E-state index contributed by atoms with van der Waals surface area (Å²) in [5.41, 5.74) is 0.380. The summed E-state index contributed by atoms with van der Waals surface area (Å²) in [6.07, 6.45) is 0. The molecular formula is C23H24N2O5S2. The third-order valence-corrected chi connectivity index (χ3v) is 9.37. The van der Waals surface area contributed by atoms with Crippen LogP contribution < -0.4 is 0 Å². The summed E-state index contributed by atoms with van der Waals surface area (Å²) in [4.78, 5) is 14.8. The molecule has 1 heterocycles. The molecule has 32 heavy (non-hydrogen) atoms. The third kappa shape index (κ3) is 4.28. The third-order valence-electron chi connectivity index (χ3n) is 5.72. The van der Waals surface area contributed by atoms with Crippen molar-refractivity contribution in [2.75, 3.05) is 31.9 Å². The number of sulfone groups is 1. The number of fused-ring (bicyclic) bond motifs is 1. The monoisotopic (exact) mass is 472 g/mol. The zero-order valence-corrected chi connectivity index (χ0v) is 19.3. The van der Waals surface area contributed by atoms with Crippen LogP contribution in [0.1, 0.15) is 17.3 Å². The highest BCUT2D eigenvalue weighted by atomic mass is 32.2. The number of amides is 1. The summed E-state index contributed by atoms with van der Waals surface area (Å²) < 4.78 is 51.5. The minimum absolute atomic E-state index is 0.00602. The van der Waals surface area contributed by atoms with Crippen LogP contribution in [0.3, 0.4) is 0 Å². The van der Waals surface area contributed by atoms with Gasteiger partial charge in [0.25, 0.3) is 5.91 Å². The van der Waals surface area contributed by atoms with Crippen LogP contribution in [0.25, 0.3) is 10.8 Å². The van der Waals surface area contributed by atoms with Crippen molar-refractivity contribution >= 4 is 36.5 Å². The number of hydrogen-bond donors (Lipinski definition) is 0. The Kier molecular flexibility index (Phi) is 6.07. The van der Waals surface area contributed by atoms with Gasteiger partial charge >= 0.3 is 0 Å². The fraction of sp³-hybridized carbons (Fsp3) is 0.261. The van der Waals surface area contributed by atoms with Crippen LogP contribution in [0, 0.1) is 0 Å². The Balaban J connectivity index is 1.45. The molecule has 0 saturated carbocycles. The van der Waals surface area contributed by atoms with E-state index in [1.54, 1.807) is 30.0 Å². The van der Waals surface area contributed by atoms with E-state index in [4.69, 9.17) is 0 Å². The Hall–Kier alpha value is -2.75. The van der Waals surface area contributed by atoms with Gasteiger partial charge in [-0.15, -0.1) is 0 Å². The standard InChI is InChI=1S/C23H24N2O5S2/c1-2-31(27,28)21-10-8-19(9-11-21)23(26)24-13-15-25(16-14-24)32(29,30)22-12-7-18-5-3-4-6-20(18)17-22/h3-12,17H,2,13-16H2,1H3. The molecule has 0 atom stereocenters. The molecule has 7 nitrogen and oxygen atoms in total. The predicted molar refractivity (Wildman–Crippen MR) is 123 cm³/mol. The Bertz CT molecular complexity index is 1360. The summed E-state index contributed by atoms with van der Waals surface area (Å²) in [7, 11) is -6.99. The van der Waals surface area contributed by atoms with E-state index in [0.717, 1.165) is 10.8 Å². The molecule has 1 aliphatic heterocycles. The van der Waals surface area contributed by atoms with Gasteiger partial charge in [0.1, 0.15) is 0 Å². The summed E-state index contributed by atoms with van der Waals surface area (Å²) >= 11 is 0. The first-order valence-electron chi connectivity index (χ1n) is 10.3. The number of nitrogens with zero attached hydrogens (tertiary/aromatic N) is 2. The van der Waals surface area contributed by atoms with Crippen molar-refractivity contribution in [1.29, 1.82) is 0 Å². The SMILES string of the molecule is CCS(=O)(=O)c1ccc(C(=O)N2CCN(S(=O)(=O)c3ccc4ccccc4c3)CC2)cc1. The zero-order chi connectivity index (χ0) is 22.9. The maximum Gasteiger partial charge on any atom is 0.253 e. The van der Waals surface area contributed by atoms with E-state index < -0.39 is 19.9 Å². The van der Waals surface area contributed by atoms with Gasteiger partial charge in [0.05, 0.1) is 15.5 Å². The highest BCUT2D eigenvalue weighted by molar-refractivity contribution is 7.91. The molecule has 168 valence electrons. The number of carbonyl (C=O) groups is 1. The molecule has 0 unspecified atom stereocenters. The second-order valence-corrected chi connectivity index (χ2v) is 11.8. The van der Waals surface area contributed by atoms with Crippen LogP contribution in [0.5, 0.6) is 0 Å². The van der Waals surface area contributed by atoms with Gasteiger partial charge in [-0.25, -0.2) is 16.8 Å². The summed E-state index contributed by atoms with van der Waals surface area (Å²) in [5, 5.41) is 1.83. The fourth-order valence-corrected chi connectivity index (χ4v) is 6.10. The highest BCUT2D eigenvalue weighted by Gasteiger charge is 2.30. The van der Waals surface area contributed by atoms with Crippen LogP contribution in [-0.2, 0) is 19.9 Å². The van der Waals surface area contributed by atoms with Gasteiger partial charge < -0.3 is 4.90 Å². The molecule has 0 bridgehead atoms. The summed E-state index contributed by atoms with van der Waals surface area (Å²) in [6, 6.07) is 18.5. The van der Waals surface area contributed by atoms with E-state index in [9.17, 15) is 21.6 Å². The minimum Gasteiger partial charge on any atom is -0.336 e. The first-order chi connectivity index (χ1) is 15.2. The van der Waals surface area contributed by atoms with Gasteiger partial charge in [-0.2, -0.15) is 4.31 Å². The Morgan fingerprint density at radius 2 is 1.38 bits per heavy atom. The Morgan fingerprint density at radius 3 is 2.00 bits per heavy atom. The molecule has 1 aliphatic rings. The van der Waals surface area contributed by atoms with Crippen LogP contribution >= 0.6 is 0 Å². The molecule has 0 aromatic heterocycles. The quantitative estimate of drug-likeness (QED) is 0.569. The molecule has 0 radical (unpaired) electrons. The maximum absolute atomic E-state index is 13.1. The lowest BCUT2D eigenvalue weighted by Crippen LogP contribution is -2.50. The number of hydrogen-bond acceptors (Lipinski definition) is 5. The second kappa shape index (κ2) is 8.65. The number of rotatable bonds is 5. The number of benzene rings is 3. The topological polar surface area (TPSA) is 91.8 Å². The first-order valence-corrected chi connectivity index (χ1v) is 13.4. The van der Waals surface area contributed by atoms with Gasteiger partial charge in [0.2, 0.25) is 10.0 Å². The van der Waals surface area contributed by atoms with Crippen LogP contribution in [0.15, 0.2) is 76.5 Å². The molecule has 3 aromatic carbocycles. The van der Waals surface area contributed by atoms with Crippen LogP contribution in [-0.4, -0.2) is 63.9 Å². The first kappa shape index (κ1) is 22.4. The lowest BCUT2D eigenvalue weighted by Gasteiger charge is -2.34. The van der Waals surface area contributed by atoms with Crippen molar-refractivity contribution in [2.24, 2.45) is 0 Å². The smallest absolute Gasteiger partial charge is 0.253 e. The molecule has 4 rings (SSSR count). The van der Waals surface area contributed by atoms with E-state index in [2.05, 4.69) is 0 Å². The molecular weight excluding hydrogens is 448 g/mol. The molecule has 1 fully saturated rings. The Labute approximate surface area is 188 Å².